The molecular formula is C21H36BO. The van der Waals surface area contributed by atoms with Gasteiger partial charge in [-0.15, -0.1) is 0 Å². The predicted octanol–water partition coefficient (Wildman–Crippen LogP) is 5.44. The van der Waals surface area contributed by atoms with E-state index in [0.717, 1.165) is 41.2 Å². The van der Waals surface area contributed by atoms with Gasteiger partial charge in [0.05, 0.1) is 5.60 Å². The van der Waals surface area contributed by atoms with Crippen molar-refractivity contribution in [2.24, 2.45) is 40.4 Å². The van der Waals surface area contributed by atoms with Gasteiger partial charge in [-0.05, 0) is 59.7 Å². The van der Waals surface area contributed by atoms with E-state index >= 15 is 0 Å². The maximum Gasteiger partial charge on any atom is 0.118 e. The van der Waals surface area contributed by atoms with E-state index in [4.69, 9.17) is 4.74 Å². The van der Waals surface area contributed by atoms with E-state index in [9.17, 15) is 0 Å². The molecule has 0 aromatic carbocycles. The third-order valence-corrected chi connectivity index (χ3v) is 9.82. The van der Waals surface area contributed by atoms with Gasteiger partial charge in [0.25, 0.3) is 0 Å². The minimum Gasteiger partial charge on any atom is -0.378 e. The van der Waals surface area contributed by atoms with Crippen LogP contribution in [0.25, 0.3) is 0 Å². The summed E-state index contributed by atoms with van der Waals surface area (Å²) < 4.78 is 6.10. The lowest BCUT2D eigenvalue weighted by molar-refractivity contribution is -0.255. The van der Waals surface area contributed by atoms with Crippen LogP contribution in [0.15, 0.2) is 0 Å². The first-order valence-corrected chi connectivity index (χ1v) is 10.0. The van der Waals surface area contributed by atoms with Crippen molar-refractivity contribution in [3.8, 4) is 0 Å². The summed E-state index contributed by atoms with van der Waals surface area (Å²) in [6, 6.07) is 0. The molecule has 0 aromatic heterocycles. The van der Waals surface area contributed by atoms with Gasteiger partial charge in [0.2, 0.25) is 0 Å². The van der Waals surface area contributed by atoms with E-state index in [1.807, 2.05) is 7.11 Å². The lowest BCUT2D eigenvalue weighted by atomic mass is 9.30. The van der Waals surface area contributed by atoms with Crippen LogP contribution >= 0.6 is 0 Å². The molecule has 0 aliphatic heterocycles. The second-order valence-corrected chi connectivity index (χ2v) is 10.8. The molecule has 6 fully saturated rings. The van der Waals surface area contributed by atoms with Crippen molar-refractivity contribution in [2.45, 2.75) is 84.5 Å². The van der Waals surface area contributed by atoms with Crippen molar-refractivity contribution in [2.75, 3.05) is 7.11 Å². The first-order valence-electron chi connectivity index (χ1n) is 10.0. The van der Waals surface area contributed by atoms with Crippen molar-refractivity contribution in [3.05, 3.63) is 0 Å². The fraction of sp³-hybridized carbons (Fsp3) is 1.00. The van der Waals surface area contributed by atoms with Crippen molar-refractivity contribution < 1.29 is 4.74 Å². The Balaban J connectivity index is 1.47. The monoisotopic (exact) mass is 315 g/mol. The minimum atomic E-state index is 0.158. The third-order valence-electron chi connectivity index (χ3n) is 9.82. The Morgan fingerprint density at radius 3 is 2.04 bits per heavy atom. The molecule has 8 unspecified atom stereocenters. The standard InChI is InChI=1S/C21H36BO/c1-12-15-8-14(19(15,3)4)9-17(12)22-18-11-21(23-7)10-16(13(18)2)20(21,5)6/h12-18H,8-11H2,1-7H3. The maximum absolute atomic E-state index is 6.10. The summed E-state index contributed by atoms with van der Waals surface area (Å²) in [4.78, 5) is 0. The molecule has 0 spiro atoms. The fourth-order valence-corrected chi connectivity index (χ4v) is 7.57. The molecule has 0 N–H and O–H groups in total. The Bertz CT molecular complexity index is 498. The Morgan fingerprint density at radius 2 is 1.52 bits per heavy atom. The zero-order valence-corrected chi connectivity index (χ0v) is 16.4. The van der Waals surface area contributed by atoms with Crippen molar-refractivity contribution in [1.29, 1.82) is 0 Å². The first-order chi connectivity index (χ1) is 10.6. The van der Waals surface area contributed by atoms with Crippen LogP contribution in [0.5, 0.6) is 0 Å². The summed E-state index contributed by atoms with van der Waals surface area (Å²) in [7, 11) is 4.75. The molecule has 23 heavy (non-hydrogen) atoms. The van der Waals surface area contributed by atoms with Crippen LogP contribution in [0.2, 0.25) is 11.6 Å². The van der Waals surface area contributed by atoms with Gasteiger partial charge in [0.15, 0.2) is 0 Å². The van der Waals surface area contributed by atoms with Crippen LogP contribution in [-0.4, -0.2) is 20.0 Å². The highest BCUT2D eigenvalue weighted by Crippen LogP contribution is 2.70. The fourth-order valence-electron chi connectivity index (χ4n) is 7.57. The average Bonchev–Trinajstić information content (AvgIpc) is 2.49. The smallest absolute Gasteiger partial charge is 0.118 e. The highest BCUT2D eigenvalue weighted by atomic mass is 16.5. The molecule has 0 amide bonds. The maximum atomic E-state index is 6.10. The topological polar surface area (TPSA) is 9.23 Å². The summed E-state index contributed by atoms with van der Waals surface area (Å²) in [5.74, 6) is 6.13. The molecule has 0 heterocycles. The molecule has 2 heteroatoms. The molecule has 1 nitrogen and oxygen atoms in total. The lowest BCUT2D eigenvalue weighted by Crippen LogP contribution is -2.68. The number of fused-ring (bicyclic) bond motifs is 4. The zero-order chi connectivity index (χ0) is 16.8. The molecule has 6 rings (SSSR count). The Hall–Kier alpha value is 0.0249. The molecule has 6 saturated carbocycles. The number of hydrogen-bond acceptors (Lipinski definition) is 1. The van der Waals surface area contributed by atoms with Gasteiger partial charge in [-0.2, -0.15) is 0 Å². The molecule has 6 aliphatic rings. The van der Waals surface area contributed by atoms with Crippen molar-refractivity contribution >= 4 is 7.28 Å². The molecule has 1 radical (unpaired) electrons. The predicted molar refractivity (Wildman–Crippen MR) is 97.8 cm³/mol. The number of methoxy groups -OCH3 is 1. The van der Waals surface area contributed by atoms with Crippen LogP contribution < -0.4 is 0 Å². The summed E-state index contributed by atoms with van der Waals surface area (Å²) in [6.45, 7) is 15.0. The Labute approximate surface area is 144 Å². The first kappa shape index (κ1) is 16.5. The molecule has 6 aliphatic carbocycles. The van der Waals surface area contributed by atoms with Crippen LogP contribution in [-0.2, 0) is 4.74 Å². The van der Waals surface area contributed by atoms with Gasteiger partial charge in [0, 0.05) is 7.11 Å². The largest absolute Gasteiger partial charge is 0.378 e. The van der Waals surface area contributed by atoms with Crippen molar-refractivity contribution in [1.82, 2.24) is 0 Å². The molecule has 4 bridgehead atoms. The molecular weight excluding hydrogens is 279 g/mol. The van der Waals surface area contributed by atoms with Gasteiger partial charge in [0.1, 0.15) is 7.28 Å². The Morgan fingerprint density at radius 1 is 0.870 bits per heavy atom. The second kappa shape index (κ2) is 4.80. The molecule has 129 valence electrons. The van der Waals surface area contributed by atoms with E-state index in [1.54, 1.807) is 0 Å². The van der Waals surface area contributed by atoms with E-state index < -0.39 is 0 Å². The van der Waals surface area contributed by atoms with Crippen LogP contribution in [0.1, 0.15) is 67.2 Å². The number of ether oxygens (including phenoxy) is 1. The molecule has 0 saturated heterocycles. The highest BCUT2D eigenvalue weighted by Gasteiger charge is 2.67. The summed E-state index contributed by atoms with van der Waals surface area (Å²) >= 11 is 0. The highest BCUT2D eigenvalue weighted by molar-refractivity contribution is 6.40. The average molecular weight is 315 g/mol. The summed E-state index contributed by atoms with van der Waals surface area (Å²) in [5, 5.41) is 0. The van der Waals surface area contributed by atoms with Gasteiger partial charge < -0.3 is 4.74 Å². The minimum absolute atomic E-state index is 0.158. The van der Waals surface area contributed by atoms with Gasteiger partial charge in [-0.3, -0.25) is 0 Å². The quantitative estimate of drug-likeness (QED) is 0.630. The molecule has 0 aromatic rings. The van der Waals surface area contributed by atoms with Gasteiger partial charge in [-0.25, -0.2) is 0 Å². The Kier molecular flexibility index (Phi) is 3.44. The van der Waals surface area contributed by atoms with Crippen molar-refractivity contribution in [3.63, 3.8) is 0 Å². The zero-order valence-electron chi connectivity index (χ0n) is 16.4. The van der Waals surface area contributed by atoms with Crippen LogP contribution in [0, 0.1) is 40.4 Å². The number of hydrogen-bond donors (Lipinski definition) is 0. The van der Waals surface area contributed by atoms with Crippen LogP contribution in [0.4, 0.5) is 0 Å². The summed E-state index contributed by atoms with van der Waals surface area (Å²) in [6.07, 6.45) is 5.49. The van der Waals surface area contributed by atoms with E-state index in [1.165, 1.54) is 25.7 Å². The van der Waals surface area contributed by atoms with E-state index in [-0.39, 0.29) is 5.60 Å². The third kappa shape index (κ3) is 1.91. The van der Waals surface area contributed by atoms with E-state index in [2.05, 4.69) is 48.8 Å². The SMILES string of the molecule is COC12CC([B]C3CC4CC(C3C)C4(C)C)C(C)C(C1)C2(C)C. The number of rotatable bonds is 3. The van der Waals surface area contributed by atoms with Gasteiger partial charge in [-0.1, -0.05) is 59.6 Å². The van der Waals surface area contributed by atoms with E-state index in [0.29, 0.717) is 10.8 Å². The summed E-state index contributed by atoms with van der Waals surface area (Å²) in [5.41, 5.74) is 1.14. The lowest BCUT2D eigenvalue weighted by Gasteiger charge is -2.69. The molecule has 8 atom stereocenters. The van der Waals surface area contributed by atoms with Gasteiger partial charge >= 0.3 is 0 Å². The normalized spacial score (nSPS) is 55.5. The van der Waals surface area contributed by atoms with Crippen LogP contribution in [0.3, 0.4) is 0 Å². The second-order valence-electron chi connectivity index (χ2n) is 10.8.